The summed E-state index contributed by atoms with van der Waals surface area (Å²) in [6.45, 7) is 8.53. The molecule has 0 saturated heterocycles. The highest BCUT2D eigenvalue weighted by Crippen LogP contribution is 2.43. The van der Waals surface area contributed by atoms with E-state index in [-0.39, 0.29) is 11.6 Å². The van der Waals surface area contributed by atoms with Crippen LogP contribution in [0.25, 0.3) is 11.5 Å². The van der Waals surface area contributed by atoms with Crippen LogP contribution in [0.15, 0.2) is 65.2 Å². The fourth-order valence-electron chi connectivity index (χ4n) is 4.37. The first-order valence-corrected chi connectivity index (χ1v) is 11.1. The molecule has 32 heavy (non-hydrogen) atoms. The lowest BCUT2D eigenvalue weighted by molar-refractivity contribution is 0.263. The van der Waals surface area contributed by atoms with Gasteiger partial charge in [-0.05, 0) is 57.4 Å². The predicted molar refractivity (Wildman–Crippen MR) is 126 cm³/mol. The molecule has 6 nitrogen and oxygen atoms in total. The molecule has 1 aliphatic heterocycles. The average Bonchev–Trinajstić information content (AvgIpc) is 3.42. The van der Waals surface area contributed by atoms with E-state index in [1.54, 1.807) is 0 Å². The average molecular weight is 448 g/mol. The molecule has 2 aromatic heterocycles. The maximum absolute atomic E-state index is 6.20. The van der Waals surface area contributed by atoms with E-state index >= 15 is 0 Å². The molecule has 1 aliphatic rings. The third kappa shape index (κ3) is 3.48. The lowest BCUT2D eigenvalue weighted by atomic mass is 9.84. The summed E-state index contributed by atoms with van der Waals surface area (Å²) in [5.41, 5.74) is 2.49. The number of halogens is 1. The lowest BCUT2D eigenvalue weighted by Gasteiger charge is -2.38. The van der Waals surface area contributed by atoms with Crippen LogP contribution in [0.3, 0.4) is 0 Å². The maximum atomic E-state index is 6.20. The lowest BCUT2D eigenvalue weighted by Crippen LogP contribution is -2.37. The van der Waals surface area contributed by atoms with Gasteiger partial charge in [-0.2, -0.15) is 5.10 Å². The number of hydrogen-bond acceptors (Lipinski definition) is 5. The minimum Gasteiger partial charge on any atom is -0.420 e. The Morgan fingerprint density at radius 3 is 2.50 bits per heavy atom. The van der Waals surface area contributed by atoms with Gasteiger partial charge in [-0.3, -0.25) is 0 Å². The summed E-state index contributed by atoms with van der Waals surface area (Å²) in [5.74, 6) is 1.90. The summed E-state index contributed by atoms with van der Waals surface area (Å²) in [7, 11) is 0. The monoisotopic (exact) mass is 447 g/mol. The summed E-state index contributed by atoms with van der Waals surface area (Å²) < 4.78 is 8.23. The van der Waals surface area contributed by atoms with Crippen LogP contribution in [0.4, 0.5) is 5.82 Å². The van der Waals surface area contributed by atoms with Gasteiger partial charge >= 0.3 is 0 Å². The molecule has 0 spiro atoms. The first-order chi connectivity index (χ1) is 15.3. The van der Waals surface area contributed by atoms with Crippen LogP contribution < -0.4 is 5.32 Å². The molecule has 1 unspecified atom stereocenters. The van der Waals surface area contributed by atoms with E-state index in [0.717, 1.165) is 23.4 Å². The first-order valence-electron chi connectivity index (χ1n) is 10.8. The van der Waals surface area contributed by atoms with E-state index < -0.39 is 5.41 Å². The summed E-state index contributed by atoms with van der Waals surface area (Å²) in [4.78, 5) is 0. The second-order valence-electron chi connectivity index (χ2n) is 9.49. The molecule has 3 heterocycles. The molecule has 164 valence electrons. The fraction of sp³-hybridized carbons (Fsp3) is 0.320. The Labute approximate surface area is 192 Å². The van der Waals surface area contributed by atoms with Crippen molar-refractivity contribution in [2.45, 2.75) is 51.1 Å². The SMILES string of the molecule is CC(C)(c1ccc(Cl)cc1)c1nnc(-c2cnn3c2NC(c2ccccc2)CC3(C)C)o1. The van der Waals surface area contributed by atoms with Crippen molar-refractivity contribution in [3.05, 3.63) is 82.8 Å². The highest BCUT2D eigenvalue weighted by Gasteiger charge is 2.37. The van der Waals surface area contributed by atoms with Gasteiger partial charge in [0.05, 0.1) is 23.2 Å². The van der Waals surface area contributed by atoms with Crippen molar-refractivity contribution >= 4 is 17.4 Å². The zero-order valence-electron chi connectivity index (χ0n) is 18.6. The van der Waals surface area contributed by atoms with Crippen LogP contribution in [-0.2, 0) is 11.0 Å². The Morgan fingerprint density at radius 1 is 1.06 bits per heavy atom. The number of rotatable bonds is 4. The number of benzene rings is 2. The van der Waals surface area contributed by atoms with Crippen LogP contribution in [-0.4, -0.2) is 20.0 Å². The number of hydrogen-bond donors (Lipinski definition) is 1. The highest BCUT2D eigenvalue weighted by atomic mass is 35.5. The molecule has 2 aromatic carbocycles. The van der Waals surface area contributed by atoms with Crippen molar-refractivity contribution in [2.24, 2.45) is 0 Å². The van der Waals surface area contributed by atoms with E-state index in [2.05, 4.69) is 72.6 Å². The van der Waals surface area contributed by atoms with E-state index in [0.29, 0.717) is 16.8 Å². The summed E-state index contributed by atoms with van der Waals surface area (Å²) in [5, 5.41) is 17.8. The van der Waals surface area contributed by atoms with Gasteiger partial charge in [-0.1, -0.05) is 54.1 Å². The van der Waals surface area contributed by atoms with Crippen molar-refractivity contribution in [1.29, 1.82) is 0 Å². The number of aromatic nitrogens is 4. The minimum atomic E-state index is -0.456. The molecule has 5 rings (SSSR count). The third-order valence-electron chi connectivity index (χ3n) is 6.32. The molecule has 7 heteroatoms. The Bertz CT molecular complexity index is 1240. The Morgan fingerprint density at radius 2 is 1.78 bits per heavy atom. The third-order valence-corrected chi connectivity index (χ3v) is 6.57. The Kier molecular flexibility index (Phi) is 4.86. The highest BCUT2D eigenvalue weighted by molar-refractivity contribution is 6.30. The summed E-state index contributed by atoms with van der Waals surface area (Å²) in [6, 6.07) is 18.4. The largest absolute Gasteiger partial charge is 0.420 e. The number of nitrogens with zero attached hydrogens (tertiary/aromatic N) is 4. The molecule has 0 amide bonds. The summed E-state index contributed by atoms with van der Waals surface area (Å²) >= 11 is 6.06. The van der Waals surface area contributed by atoms with Gasteiger partial charge in [0.1, 0.15) is 11.4 Å². The van der Waals surface area contributed by atoms with Gasteiger partial charge in [-0.15, -0.1) is 10.2 Å². The molecule has 0 aliphatic carbocycles. The van der Waals surface area contributed by atoms with Crippen molar-refractivity contribution in [1.82, 2.24) is 20.0 Å². The molecule has 0 saturated carbocycles. The van der Waals surface area contributed by atoms with Crippen molar-refractivity contribution in [2.75, 3.05) is 5.32 Å². The smallest absolute Gasteiger partial charge is 0.253 e. The van der Waals surface area contributed by atoms with Crippen molar-refractivity contribution in [3.8, 4) is 11.5 Å². The topological polar surface area (TPSA) is 68.8 Å². The van der Waals surface area contributed by atoms with Gasteiger partial charge in [0, 0.05) is 5.02 Å². The second kappa shape index (κ2) is 7.48. The van der Waals surface area contributed by atoms with Gasteiger partial charge in [0.25, 0.3) is 5.89 Å². The normalized spacial score (nSPS) is 17.6. The van der Waals surface area contributed by atoms with Crippen LogP contribution >= 0.6 is 11.6 Å². The van der Waals surface area contributed by atoms with Crippen LogP contribution in [0.2, 0.25) is 5.02 Å². The van der Waals surface area contributed by atoms with E-state index in [1.807, 2.05) is 41.2 Å². The molecule has 1 atom stereocenters. The van der Waals surface area contributed by atoms with Crippen LogP contribution in [0.5, 0.6) is 0 Å². The van der Waals surface area contributed by atoms with Gasteiger partial charge in [-0.25, -0.2) is 4.68 Å². The van der Waals surface area contributed by atoms with Crippen molar-refractivity contribution in [3.63, 3.8) is 0 Å². The van der Waals surface area contributed by atoms with Gasteiger partial charge < -0.3 is 9.73 Å². The van der Waals surface area contributed by atoms with Crippen LogP contribution in [0.1, 0.15) is 57.2 Å². The van der Waals surface area contributed by atoms with Crippen LogP contribution in [0, 0.1) is 0 Å². The van der Waals surface area contributed by atoms with E-state index in [9.17, 15) is 0 Å². The molecule has 0 fully saturated rings. The zero-order valence-corrected chi connectivity index (χ0v) is 19.4. The molecule has 4 aromatic rings. The standard InChI is InChI=1S/C25H26ClN5O/c1-24(2)14-20(16-8-6-5-7-9-16)28-21-19(15-27-31(21)24)22-29-30-23(32-22)25(3,4)17-10-12-18(26)13-11-17/h5-13,15,20,28H,14H2,1-4H3. The maximum Gasteiger partial charge on any atom is 0.253 e. The Balaban J connectivity index is 1.51. The Hall–Kier alpha value is -3.12. The first kappa shape index (κ1) is 20.8. The molecule has 1 N–H and O–H groups in total. The molecular formula is C25H26ClN5O. The predicted octanol–water partition coefficient (Wildman–Crippen LogP) is 6.20. The zero-order chi connectivity index (χ0) is 22.5. The second-order valence-corrected chi connectivity index (χ2v) is 9.92. The molecule has 0 bridgehead atoms. The number of nitrogens with one attached hydrogen (secondary N) is 1. The quantitative estimate of drug-likeness (QED) is 0.403. The molecule has 0 radical (unpaired) electrons. The van der Waals surface area contributed by atoms with Gasteiger partial charge in [0.15, 0.2) is 0 Å². The fourth-order valence-corrected chi connectivity index (χ4v) is 4.49. The van der Waals surface area contributed by atoms with E-state index in [4.69, 9.17) is 16.0 Å². The number of anilines is 1. The van der Waals surface area contributed by atoms with Gasteiger partial charge in [0.2, 0.25) is 5.89 Å². The molecular weight excluding hydrogens is 422 g/mol. The minimum absolute atomic E-state index is 0.162. The number of fused-ring (bicyclic) bond motifs is 1. The van der Waals surface area contributed by atoms with E-state index in [1.165, 1.54) is 5.56 Å². The van der Waals surface area contributed by atoms with Crippen molar-refractivity contribution < 1.29 is 4.42 Å². The summed E-state index contributed by atoms with van der Waals surface area (Å²) in [6.07, 6.45) is 2.73.